The second-order valence-corrected chi connectivity index (χ2v) is 9.43. The van der Waals surface area contributed by atoms with Gasteiger partial charge in [-0.3, -0.25) is 15.0 Å². The summed E-state index contributed by atoms with van der Waals surface area (Å²) >= 11 is 0. The first-order valence-corrected chi connectivity index (χ1v) is 12.4. The van der Waals surface area contributed by atoms with E-state index in [1.54, 1.807) is 24.1 Å². The molecule has 1 aromatic heterocycles. The van der Waals surface area contributed by atoms with Crippen LogP contribution in [0, 0.1) is 5.41 Å². The van der Waals surface area contributed by atoms with Crippen molar-refractivity contribution in [2.45, 2.75) is 45.3 Å². The number of amides is 2. The zero-order valence-electron chi connectivity index (χ0n) is 21.6. The van der Waals surface area contributed by atoms with Gasteiger partial charge in [-0.25, -0.2) is 9.37 Å². The Kier molecular flexibility index (Phi) is 7.75. The fraction of sp³-hybridized carbons (Fsp3) is 0.407. The molecule has 0 saturated carbocycles. The van der Waals surface area contributed by atoms with Gasteiger partial charge in [-0.1, -0.05) is 18.2 Å². The number of imidazole rings is 1. The summed E-state index contributed by atoms with van der Waals surface area (Å²) in [5.74, 6) is 0.581. The van der Waals surface area contributed by atoms with Crippen LogP contribution in [0.1, 0.15) is 64.8 Å². The average molecular weight is 509 g/mol. The summed E-state index contributed by atoms with van der Waals surface area (Å²) in [6.07, 6.45) is 1.04. The van der Waals surface area contributed by atoms with Gasteiger partial charge in [0.1, 0.15) is 29.6 Å². The van der Waals surface area contributed by atoms with E-state index in [0.29, 0.717) is 54.1 Å². The molecule has 4 rings (SSSR count). The number of fused-ring (bicyclic) bond motifs is 2. The number of nitrogens with zero attached hydrogens (tertiary/aromatic N) is 3. The van der Waals surface area contributed by atoms with Gasteiger partial charge in [-0.2, -0.15) is 0 Å². The molecular formula is C27H33FN6O3. The van der Waals surface area contributed by atoms with Crippen LogP contribution in [-0.2, 0) is 13.6 Å². The zero-order valence-corrected chi connectivity index (χ0v) is 21.6. The maximum atomic E-state index is 13.6. The molecule has 1 aliphatic rings. The Morgan fingerprint density at radius 3 is 2.70 bits per heavy atom. The lowest BCUT2D eigenvalue weighted by atomic mass is 10.0. The minimum Gasteiger partial charge on any atom is -0.494 e. The van der Waals surface area contributed by atoms with E-state index in [0.717, 1.165) is 11.1 Å². The molecule has 0 aliphatic carbocycles. The Balaban J connectivity index is 1.65. The Morgan fingerprint density at radius 2 is 2.00 bits per heavy atom. The molecule has 196 valence electrons. The monoisotopic (exact) mass is 508 g/mol. The van der Waals surface area contributed by atoms with Crippen molar-refractivity contribution in [3.63, 3.8) is 0 Å². The molecule has 2 aromatic carbocycles. The molecule has 1 atom stereocenters. The number of amidine groups is 1. The van der Waals surface area contributed by atoms with Crippen molar-refractivity contribution in [3.8, 4) is 5.75 Å². The first-order chi connectivity index (χ1) is 17.8. The van der Waals surface area contributed by atoms with Gasteiger partial charge in [0.25, 0.3) is 11.8 Å². The van der Waals surface area contributed by atoms with Crippen molar-refractivity contribution >= 4 is 28.7 Å². The number of aromatic nitrogens is 2. The van der Waals surface area contributed by atoms with Crippen LogP contribution in [0.4, 0.5) is 4.39 Å². The van der Waals surface area contributed by atoms with Crippen molar-refractivity contribution in [2.24, 2.45) is 7.05 Å². The number of para-hydroxylation sites is 1. The third kappa shape index (κ3) is 5.14. The van der Waals surface area contributed by atoms with Gasteiger partial charge in [0.2, 0.25) is 0 Å². The number of methoxy groups -OCH3 is 1. The standard InChI is InChI=1S/C27H33FN6O3/c1-16(2)34-15-17-8-5-9-18(23(17)27(34)36)26(35)31-19(10-7-13-30-22(29)14-28)25-32-24-20(33(25)3)11-6-12-21(24)37-4/h5-6,8-9,11-12,16,19H,7,10,13-15H2,1-4H3,(H2,29,30)(H,31,35)/t19-/m0/s1. The predicted octanol–water partition coefficient (Wildman–Crippen LogP) is 3.73. The SMILES string of the molecule is COc1cccc2c1nc([C@H](CCCNC(=N)CF)NC(=O)c1cccc3c1C(=O)N(C(C)C)C3)n2C. The highest BCUT2D eigenvalue weighted by Crippen LogP contribution is 2.31. The predicted molar refractivity (Wildman–Crippen MR) is 140 cm³/mol. The van der Waals surface area contributed by atoms with Crippen molar-refractivity contribution < 1.29 is 18.7 Å². The normalized spacial score (nSPS) is 13.7. The molecule has 3 aromatic rings. The largest absolute Gasteiger partial charge is 0.494 e. The Morgan fingerprint density at radius 1 is 1.24 bits per heavy atom. The van der Waals surface area contributed by atoms with Crippen LogP contribution in [0.15, 0.2) is 36.4 Å². The summed E-state index contributed by atoms with van der Waals surface area (Å²) in [5.41, 5.74) is 3.16. The number of carbonyl (C=O) groups is 2. The maximum absolute atomic E-state index is 13.6. The lowest BCUT2D eigenvalue weighted by molar-refractivity contribution is 0.0725. The quantitative estimate of drug-likeness (QED) is 0.219. The van der Waals surface area contributed by atoms with Crippen molar-refractivity contribution in [1.82, 2.24) is 25.1 Å². The van der Waals surface area contributed by atoms with Crippen LogP contribution in [0.2, 0.25) is 0 Å². The van der Waals surface area contributed by atoms with Crippen LogP contribution < -0.4 is 15.4 Å². The van der Waals surface area contributed by atoms with E-state index in [1.807, 2.05) is 49.7 Å². The number of benzene rings is 2. The summed E-state index contributed by atoms with van der Waals surface area (Å²) in [4.78, 5) is 33.3. The zero-order chi connectivity index (χ0) is 26.7. The minimum atomic E-state index is -0.856. The number of hydrogen-bond donors (Lipinski definition) is 3. The third-order valence-corrected chi connectivity index (χ3v) is 6.72. The molecule has 2 amide bonds. The molecule has 0 unspecified atom stereocenters. The lowest BCUT2D eigenvalue weighted by Gasteiger charge is -2.21. The number of halogens is 1. The number of alkyl halides is 1. The van der Waals surface area contributed by atoms with Gasteiger partial charge in [0, 0.05) is 26.2 Å². The fourth-order valence-electron chi connectivity index (χ4n) is 4.77. The van der Waals surface area contributed by atoms with Gasteiger partial charge >= 0.3 is 0 Å². The number of hydrogen-bond acceptors (Lipinski definition) is 5. The minimum absolute atomic E-state index is 0.0223. The van der Waals surface area contributed by atoms with E-state index < -0.39 is 12.7 Å². The van der Waals surface area contributed by atoms with E-state index in [-0.39, 0.29) is 23.7 Å². The van der Waals surface area contributed by atoms with Crippen LogP contribution in [0.25, 0.3) is 11.0 Å². The molecule has 0 saturated heterocycles. The summed E-state index contributed by atoms with van der Waals surface area (Å²) < 4.78 is 20.1. The summed E-state index contributed by atoms with van der Waals surface area (Å²) in [6.45, 7) is 3.91. The molecule has 3 N–H and O–H groups in total. The molecule has 1 aliphatic heterocycles. The molecular weight excluding hydrogens is 475 g/mol. The molecule has 2 heterocycles. The number of aryl methyl sites for hydroxylation is 1. The molecule has 0 spiro atoms. The van der Waals surface area contributed by atoms with E-state index in [1.165, 1.54) is 0 Å². The van der Waals surface area contributed by atoms with Gasteiger partial charge in [-0.05, 0) is 50.5 Å². The van der Waals surface area contributed by atoms with Gasteiger partial charge in [0.15, 0.2) is 0 Å². The van der Waals surface area contributed by atoms with Crippen molar-refractivity contribution in [2.75, 3.05) is 20.3 Å². The van der Waals surface area contributed by atoms with Gasteiger partial charge in [-0.15, -0.1) is 0 Å². The van der Waals surface area contributed by atoms with E-state index >= 15 is 0 Å². The first kappa shape index (κ1) is 26.1. The summed E-state index contributed by atoms with van der Waals surface area (Å²) in [5, 5.41) is 13.3. The van der Waals surface area contributed by atoms with E-state index in [2.05, 4.69) is 10.6 Å². The maximum Gasteiger partial charge on any atom is 0.255 e. The number of rotatable bonds is 10. The topological polar surface area (TPSA) is 112 Å². The average Bonchev–Trinajstić information content (AvgIpc) is 3.42. The van der Waals surface area contributed by atoms with Gasteiger partial charge < -0.3 is 24.8 Å². The highest BCUT2D eigenvalue weighted by Gasteiger charge is 2.34. The first-order valence-electron chi connectivity index (χ1n) is 12.4. The third-order valence-electron chi connectivity index (χ3n) is 6.72. The second kappa shape index (κ2) is 11.0. The number of nitrogens with one attached hydrogen (secondary N) is 3. The molecule has 10 heteroatoms. The summed E-state index contributed by atoms with van der Waals surface area (Å²) in [6, 6.07) is 10.5. The smallest absolute Gasteiger partial charge is 0.255 e. The number of ether oxygens (including phenoxy) is 1. The van der Waals surface area contributed by atoms with Crippen molar-refractivity contribution in [1.29, 1.82) is 5.41 Å². The second-order valence-electron chi connectivity index (χ2n) is 9.43. The Bertz CT molecular complexity index is 1340. The van der Waals surface area contributed by atoms with Crippen LogP contribution >= 0.6 is 0 Å². The molecule has 0 radical (unpaired) electrons. The molecule has 37 heavy (non-hydrogen) atoms. The van der Waals surface area contributed by atoms with Crippen LogP contribution in [0.5, 0.6) is 5.75 Å². The molecule has 0 bridgehead atoms. The highest BCUT2D eigenvalue weighted by molar-refractivity contribution is 6.09. The molecule has 0 fully saturated rings. The van der Waals surface area contributed by atoms with Crippen molar-refractivity contribution in [3.05, 3.63) is 58.9 Å². The van der Waals surface area contributed by atoms with Crippen LogP contribution in [-0.4, -0.2) is 58.5 Å². The van der Waals surface area contributed by atoms with E-state index in [4.69, 9.17) is 15.1 Å². The number of carbonyl (C=O) groups excluding carboxylic acids is 2. The fourth-order valence-corrected chi connectivity index (χ4v) is 4.77. The van der Waals surface area contributed by atoms with Gasteiger partial charge in [0.05, 0.1) is 29.8 Å². The lowest BCUT2D eigenvalue weighted by Crippen LogP contribution is -2.34. The van der Waals surface area contributed by atoms with Crippen LogP contribution in [0.3, 0.4) is 0 Å². The Hall–Kier alpha value is -3.95. The summed E-state index contributed by atoms with van der Waals surface area (Å²) in [7, 11) is 3.46. The van der Waals surface area contributed by atoms with E-state index in [9.17, 15) is 14.0 Å². The highest BCUT2D eigenvalue weighted by atomic mass is 19.1. The Labute approximate surface area is 215 Å². The molecule has 9 nitrogen and oxygen atoms in total.